The van der Waals surface area contributed by atoms with Crippen molar-refractivity contribution >= 4 is 22.9 Å². The van der Waals surface area contributed by atoms with Crippen LogP contribution < -0.4 is 10.2 Å². The van der Waals surface area contributed by atoms with Crippen LogP contribution in [0.3, 0.4) is 0 Å². The van der Waals surface area contributed by atoms with Gasteiger partial charge in [0, 0.05) is 25.2 Å². The Hall–Kier alpha value is -3.75. The summed E-state index contributed by atoms with van der Waals surface area (Å²) in [6.45, 7) is 8.09. The molecule has 0 spiro atoms. The van der Waals surface area contributed by atoms with E-state index >= 15 is 0 Å². The number of aromatic nitrogens is 6. The number of aryl methyl sites for hydroxylation is 1. The number of carbonyl (C=O) groups is 1. The average molecular weight is 501 g/mol. The fraction of sp³-hybridized carbons (Fsp3) is 0.464. The maximum atomic E-state index is 12.6. The largest absolute Gasteiger partial charge is 0.345 e. The van der Waals surface area contributed by atoms with E-state index in [2.05, 4.69) is 81.4 Å². The fourth-order valence-electron chi connectivity index (χ4n) is 5.48. The summed E-state index contributed by atoms with van der Waals surface area (Å²) in [5.41, 5.74) is 4.26. The Kier molecular flexibility index (Phi) is 6.95. The minimum Gasteiger partial charge on any atom is -0.345 e. The lowest BCUT2D eigenvalue weighted by molar-refractivity contribution is 0.0950. The molecule has 37 heavy (non-hydrogen) atoms. The van der Waals surface area contributed by atoms with Gasteiger partial charge in [-0.3, -0.25) is 4.79 Å². The molecular weight excluding hydrogens is 464 g/mol. The number of para-hydroxylation sites is 2. The van der Waals surface area contributed by atoms with Crippen LogP contribution in [0.4, 0.5) is 5.95 Å². The van der Waals surface area contributed by atoms with Crippen LogP contribution in [0.5, 0.6) is 0 Å². The van der Waals surface area contributed by atoms with Crippen LogP contribution in [0, 0.1) is 11.3 Å². The Morgan fingerprint density at radius 3 is 2.46 bits per heavy atom. The topological polar surface area (TPSA) is 105 Å². The molecule has 0 saturated heterocycles. The highest BCUT2D eigenvalue weighted by Gasteiger charge is 2.33. The van der Waals surface area contributed by atoms with E-state index in [1.807, 2.05) is 30.3 Å². The molecule has 1 aliphatic carbocycles. The number of carbonyl (C=O) groups excluding carboxylic acids is 1. The summed E-state index contributed by atoms with van der Waals surface area (Å²) in [6, 6.07) is 16.6. The van der Waals surface area contributed by atoms with Crippen molar-refractivity contribution < 1.29 is 4.79 Å². The van der Waals surface area contributed by atoms with Crippen LogP contribution in [0.1, 0.15) is 68.2 Å². The van der Waals surface area contributed by atoms with Crippen molar-refractivity contribution in [3.63, 3.8) is 0 Å². The number of anilines is 1. The van der Waals surface area contributed by atoms with Crippen molar-refractivity contribution in [2.45, 2.75) is 65.6 Å². The lowest BCUT2D eigenvalue weighted by Gasteiger charge is -2.41. The number of H-pyrrole nitrogens is 1. The summed E-state index contributed by atoms with van der Waals surface area (Å²) in [7, 11) is 2.11. The van der Waals surface area contributed by atoms with E-state index in [1.165, 1.54) is 12.8 Å². The van der Waals surface area contributed by atoms with Crippen LogP contribution in [-0.2, 0) is 20.1 Å². The molecule has 5 rings (SSSR count). The zero-order valence-electron chi connectivity index (χ0n) is 22.1. The van der Waals surface area contributed by atoms with Gasteiger partial charge >= 0.3 is 0 Å². The second kappa shape index (κ2) is 10.3. The van der Waals surface area contributed by atoms with E-state index in [0.717, 1.165) is 47.8 Å². The second-order valence-electron chi connectivity index (χ2n) is 11.2. The van der Waals surface area contributed by atoms with Crippen molar-refractivity contribution in [2.24, 2.45) is 18.4 Å². The van der Waals surface area contributed by atoms with Gasteiger partial charge in [0.15, 0.2) is 5.82 Å². The Labute approximate surface area is 217 Å². The Morgan fingerprint density at radius 1 is 1.08 bits per heavy atom. The second-order valence-corrected chi connectivity index (χ2v) is 11.2. The Morgan fingerprint density at radius 2 is 1.81 bits per heavy atom. The third-order valence-corrected chi connectivity index (χ3v) is 7.76. The van der Waals surface area contributed by atoms with Crippen LogP contribution in [0.25, 0.3) is 11.0 Å². The molecule has 0 atom stereocenters. The molecule has 1 fully saturated rings. The van der Waals surface area contributed by atoms with Crippen molar-refractivity contribution in [3.05, 3.63) is 65.5 Å². The van der Waals surface area contributed by atoms with Gasteiger partial charge in [-0.15, -0.1) is 5.10 Å². The van der Waals surface area contributed by atoms with Gasteiger partial charge in [-0.1, -0.05) is 45.0 Å². The van der Waals surface area contributed by atoms with Gasteiger partial charge < -0.3 is 14.8 Å². The number of hydrogen-bond acceptors (Lipinski definition) is 6. The maximum absolute atomic E-state index is 12.6. The fourth-order valence-corrected chi connectivity index (χ4v) is 5.48. The van der Waals surface area contributed by atoms with E-state index in [4.69, 9.17) is 4.98 Å². The minimum absolute atomic E-state index is 0.157. The molecule has 0 aliphatic heterocycles. The van der Waals surface area contributed by atoms with Gasteiger partial charge in [0.2, 0.25) is 5.95 Å². The summed E-state index contributed by atoms with van der Waals surface area (Å²) in [5, 5.41) is 16.3. The number of nitrogens with one attached hydrogen (secondary N) is 2. The highest BCUT2D eigenvalue weighted by molar-refractivity contribution is 5.94. The summed E-state index contributed by atoms with van der Waals surface area (Å²) in [5.74, 6) is 2.11. The number of nitrogens with zero attached hydrogens (tertiary/aromatic N) is 6. The summed E-state index contributed by atoms with van der Waals surface area (Å²) in [4.78, 5) is 20.1. The summed E-state index contributed by atoms with van der Waals surface area (Å²) >= 11 is 0. The van der Waals surface area contributed by atoms with Crippen LogP contribution in [0.2, 0.25) is 0 Å². The van der Waals surface area contributed by atoms with Crippen molar-refractivity contribution in [2.75, 3.05) is 4.90 Å². The smallest absolute Gasteiger partial charge is 0.251 e. The predicted molar refractivity (Wildman–Crippen MR) is 144 cm³/mol. The molecule has 4 aromatic rings. The maximum Gasteiger partial charge on any atom is 0.251 e. The van der Waals surface area contributed by atoms with E-state index in [1.54, 1.807) is 0 Å². The third-order valence-electron chi connectivity index (χ3n) is 7.76. The van der Waals surface area contributed by atoms with Crippen LogP contribution in [0.15, 0.2) is 48.5 Å². The molecule has 2 heterocycles. The molecule has 1 saturated carbocycles. The quantitative estimate of drug-likeness (QED) is 0.383. The molecule has 9 nitrogen and oxygen atoms in total. The van der Waals surface area contributed by atoms with E-state index in [-0.39, 0.29) is 12.5 Å². The van der Waals surface area contributed by atoms with Crippen LogP contribution >= 0.6 is 0 Å². The number of rotatable bonds is 7. The van der Waals surface area contributed by atoms with Gasteiger partial charge in [0.1, 0.15) is 0 Å². The number of aromatic amines is 1. The monoisotopic (exact) mass is 500 g/mol. The molecule has 0 bridgehead atoms. The first-order chi connectivity index (χ1) is 17.8. The number of amides is 1. The van der Waals surface area contributed by atoms with E-state index < -0.39 is 0 Å². The predicted octanol–water partition coefficient (Wildman–Crippen LogP) is 4.63. The molecule has 2 N–H and O–H groups in total. The van der Waals surface area contributed by atoms with Gasteiger partial charge in [-0.05, 0) is 77.3 Å². The standard InChI is InChI=1S/C28H36N8O/c1-28(2,3)21-13-15-22(16-14-21)36(27-30-23-7-5-6-8-24(23)35(27)4)18-19-9-11-20(12-10-19)26(37)29-17-25-31-33-34-32-25/h5-12,21-22H,13-18H2,1-4H3,(H,29,37)(H,31,32,33,34). The van der Waals surface area contributed by atoms with Crippen molar-refractivity contribution in [3.8, 4) is 0 Å². The molecule has 9 heteroatoms. The molecular formula is C28H36N8O. The zero-order valence-corrected chi connectivity index (χ0v) is 22.1. The number of tetrazole rings is 1. The third kappa shape index (κ3) is 5.50. The molecule has 0 radical (unpaired) electrons. The lowest BCUT2D eigenvalue weighted by Crippen LogP contribution is -2.41. The van der Waals surface area contributed by atoms with Crippen LogP contribution in [-0.4, -0.2) is 42.1 Å². The van der Waals surface area contributed by atoms with E-state index in [0.29, 0.717) is 22.8 Å². The number of benzene rings is 2. The molecule has 194 valence electrons. The minimum atomic E-state index is -0.157. The van der Waals surface area contributed by atoms with Gasteiger partial charge in [0.05, 0.1) is 17.6 Å². The average Bonchev–Trinajstić information content (AvgIpc) is 3.54. The molecule has 0 unspecified atom stereocenters. The molecule has 2 aromatic carbocycles. The normalized spacial score (nSPS) is 18.2. The highest BCUT2D eigenvalue weighted by Crippen LogP contribution is 2.40. The molecule has 1 aliphatic rings. The first-order valence-electron chi connectivity index (χ1n) is 13.1. The van der Waals surface area contributed by atoms with Gasteiger partial charge in [-0.25, -0.2) is 10.1 Å². The number of fused-ring (bicyclic) bond motifs is 1. The Bertz CT molecular complexity index is 1330. The summed E-state index contributed by atoms with van der Waals surface area (Å²) in [6.07, 6.45) is 4.77. The molecule has 1 amide bonds. The number of hydrogen-bond donors (Lipinski definition) is 2. The number of imidazole rings is 1. The highest BCUT2D eigenvalue weighted by atomic mass is 16.1. The molecule has 2 aromatic heterocycles. The van der Waals surface area contributed by atoms with Gasteiger partial charge in [-0.2, -0.15) is 0 Å². The van der Waals surface area contributed by atoms with Crippen molar-refractivity contribution in [1.82, 2.24) is 35.5 Å². The zero-order chi connectivity index (χ0) is 26.0. The first kappa shape index (κ1) is 24.9. The Balaban J connectivity index is 1.35. The van der Waals surface area contributed by atoms with E-state index in [9.17, 15) is 4.79 Å². The first-order valence-corrected chi connectivity index (χ1v) is 13.1. The van der Waals surface area contributed by atoms with Crippen molar-refractivity contribution in [1.29, 1.82) is 0 Å². The summed E-state index contributed by atoms with van der Waals surface area (Å²) < 4.78 is 2.21. The lowest BCUT2D eigenvalue weighted by atomic mass is 9.71. The SMILES string of the molecule is Cn1c(N(Cc2ccc(C(=O)NCc3nnn[nH]3)cc2)C2CCC(C(C)(C)C)CC2)nc2ccccc21. The van der Waals surface area contributed by atoms with Gasteiger partial charge in [0.25, 0.3) is 5.91 Å².